The minimum atomic E-state index is -0.358. The zero-order chi connectivity index (χ0) is 22.8. The third-order valence-electron chi connectivity index (χ3n) is 6.00. The predicted octanol–water partition coefficient (Wildman–Crippen LogP) is 3.54. The van der Waals surface area contributed by atoms with Crippen LogP contribution in [0.3, 0.4) is 0 Å². The van der Waals surface area contributed by atoms with Gasteiger partial charge in [-0.25, -0.2) is 14.5 Å². The molecule has 0 radical (unpaired) electrons. The smallest absolute Gasteiger partial charge is 0.337 e. The number of nitrogens with zero attached hydrogens (tertiary/aromatic N) is 5. The molecule has 5 rings (SSSR count). The molecule has 0 N–H and O–H groups in total. The summed E-state index contributed by atoms with van der Waals surface area (Å²) in [6, 6.07) is 17.5. The number of esters is 1. The van der Waals surface area contributed by atoms with E-state index in [1.807, 2.05) is 65.6 Å². The molecule has 3 heterocycles. The number of aromatic nitrogens is 3. The van der Waals surface area contributed by atoms with Crippen molar-refractivity contribution in [3.63, 3.8) is 0 Å². The number of hydrogen-bond donors (Lipinski definition) is 0. The Kier molecular flexibility index (Phi) is 5.56. The van der Waals surface area contributed by atoms with Crippen LogP contribution in [0.1, 0.15) is 10.4 Å². The van der Waals surface area contributed by atoms with Gasteiger partial charge in [-0.2, -0.15) is 5.10 Å². The average Bonchev–Trinajstić information content (AvgIpc) is 3.33. The number of piperazine rings is 1. The van der Waals surface area contributed by atoms with Crippen LogP contribution in [0.4, 0.5) is 11.5 Å². The van der Waals surface area contributed by atoms with Gasteiger partial charge < -0.3 is 19.3 Å². The monoisotopic (exact) mass is 443 g/mol. The summed E-state index contributed by atoms with van der Waals surface area (Å²) in [4.78, 5) is 21.2. The number of fused-ring (bicyclic) bond motifs is 1. The van der Waals surface area contributed by atoms with Crippen molar-refractivity contribution in [1.29, 1.82) is 0 Å². The summed E-state index contributed by atoms with van der Waals surface area (Å²) >= 11 is 0. The van der Waals surface area contributed by atoms with Crippen molar-refractivity contribution in [2.75, 3.05) is 50.2 Å². The van der Waals surface area contributed by atoms with Crippen molar-refractivity contribution in [1.82, 2.24) is 14.8 Å². The van der Waals surface area contributed by atoms with Crippen LogP contribution in [0.15, 0.2) is 67.0 Å². The van der Waals surface area contributed by atoms with Crippen molar-refractivity contribution >= 4 is 28.4 Å². The van der Waals surface area contributed by atoms with Gasteiger partial charge in [-0.1, -0.05) is 18.2 Å². The van der Waals surface area contributed by atoms with Gasteiger partial charge in [0, 0.05) is 32.4 Å². The highest BCUT2D eigenvalue weighted by Crippen LogP contribution is 2.32. The molecular weight excluding hydrogens is 418 g/mol. The summed E-state index contributed by atoms with van der Waals surface area (Å²) in [6.45, 7) is 3.11. The Morgan fingerprint density at radius 2 is 1.70 bits per heavy atom. The Bertz CT molecular complexity index is 1280. The van der Waals surface area contributed by atoms with Crippen molar-refractivity contribution < 1.29 is 14.3 Å². The lowest BCUT2D eigenvalue weighted by Crippen LogP contribution is -2.47. The third-order valence-corrected chi connectivity index (χ3v) is 6.00. The van der Waals surface area contributed by atoms with Crippen molar-refractivity contribution in [3.05, 3.63) is 72.6 Å². The molecular formula is C25H25N5O3. The lowest BCUT2D eigenvalue weighted by Gasteiger charge is -2.37. The lowest BCUT2D eigenvalue weighted by molar-refractivity contribution is 0.0600. The molecule has 1 saturated heterocycles. The Balaban J connectivity index is 1.39. The fourth-order valence-electron chi connectivity index (χ4n) is 4.31. The molecule has 0 spiro atoms. The second kappa shape index (κ2) is 8.82. The second-order valence-corrected chi connectivity index (χ2v) is 7.81. The summed E-state index contributed by atoms with van der Waals surface area (Å²) in [5, 5.41) is 5.65. The van der Waals surface area contributed by atoms with E-state index in [1.165, 1.54) is 7.11 Å². The number of benzene rings is 2. The van der Waals surface area contributed by atoms with E-state index in [0.29, 0.717) is 5.56 Å². The first kappa shape index (κ1) is 20.8. The molecule has 8 nitrogen and oxygen atoms in total. The molecule has 0 saturated carbocycles. The van der Waals surface area contributed by atoms with E-state index in [-0.39, 0.29) is 5.97 Å². The first-order valence-corrected chi connectivity index (χ1v) is 10.8. The van der Waals surface area contributed by atoms with Crippen molar-refractivity contribution in [2.45, 2.75) is 0 Å². The van der Waals surface area contributed by atoms with Crippen LogP contribution in [0.2, 0.25) is 0 Å². The fourth-order valence-corrected chi connectivity index (χ4v) is 4.31. The molecule has 1 aliphatic rings. The van der Waals surface area contributed by atoms with E-state index < -0.39 is 0 Å². The van der Waals surface area contributed by atoms with Gasteiger partial charge in [-0.15, -0.1) is 0 Å². The minimum Gasteiger partial charge on any atom is -0.495 e. The number of rotatable bonds is 5. The predicted molar refractivity (Wildman–Crippen MR) is 128 cm³/mol. The standard InChI is InChI=1S/C25H25N5O3/c1-32-23-9-8-18(25(31)33-2)16-22(23)28-12-14-29(15-13-28)24-20-17-27-30(21(20)10-11-26-24)19-6-4-3-5-7-19/h3-11,16-17H,12-15H2,1-2H3. The van der Waals surface area contributed by atoms with Gasteiger partial charge >= 0.3 is 5.97 Å². The highest BCUT2D eigenvalue weighted by atomic mass is 16.5. The van der Waals surface area contributed by atoms with E-state index in [9.17, 15) is 4.79 Å². The van der Waals surface area contributed by atoms with E-state index in [4.69, 9.17) is 9.47 Å². The molecule has 0 atom stereocenters. The molecule has 0 amide bonds. The Morgan fingerprint density at radius 1 is 0.939 bits per heavy atom. The van der Waals surface area contributed by atoms with Crippen LogP contribution in [-0.2, 0) is 4.74 Å². The van der Waals surface area contributed by atoms with Crippen LogP contribution >= 0.6 is 0 Å². The molecule has 0 bridgehead atoms. The normalized spacial score (nSPS) is 13.9. The molecule has 4 aromatic rings. The number of methoxy groups -OCH3 is 2. The van der Waals surface area contributed by atoms with E-state index >= 15 is 0 Å². The lowest BCUT2D eigenvalue weighted by atomic mass is 10.1. The van der Waals surface area contributed by atoms with Crippen LogP contribution in [0.25, 0.3) is 16.6 Å². The number of carbonyl (C=O) groups is 1. The molecule has 168 valence electrons. The number of carbonyl (C=O) groups excluding carboxylic acids is 1. The van der Waals surface area contributed by atoms with Gasteiger partial charge in [0.2, 0.25) is 0 Å². The second-order valence-electron chi connectivity index (χ2n) is 7.81. The van der Waals surface area contributed by atoms with Gasteiger partial charge in [0.05, 0.1) is 48.3 Å². The Labute approximate surface area is 192 Å². The van der Waals surface area contributed by atoms with Gasteiger partial charge in [0.15, 0.2) is 0 Å². The molecule has 0 unspecified atom stereocenters. The third kappa shape index (κ3) is 3.84. The molecule has 0 aliphatic carbocycles. The van der Waals surface area contributed by atoms with Gasteiger partial charge in [0.1, 0.15) is 11.6 Å². The Morgan fingerprint density at radius 3 is 2.42 bits per heavy atom. The summed E-state index contributed by atoms with van der Waals surface area (Å²) < 4.78 is 12.4. The zero-order valence-electron chi connectivity index (χ0n) is 18.6. The highest BCUT2D eigenvalue weighted by Gasteiger charge is 2.24. The first-order valence-electron chi connectivity index (χ1n) is 10.8. The summed E-state index contributed by atoms with van der Waals surface area (Å²) in [5.41, 5.74) is 3.45. The maximum atomic E-state index is 12.0. The number of pyridine rings is 1. The van der Waals surface area contributed by atoms with Gasteiger partial charge in [0.25, 0.3) is 0 Å². The number of ether oxygens (including phenoxy) is 2. The number of hydrogen-bond acceptors (Lipinski definition) is 7. The first-order chi connectivity index (χ1) is 16.2. The largest absolute Gasteiger partial charge is 0.495 e. The van der Waals surface area contributed by atoms with Crippen molar-refractivity contribution in [2.24, 2.45) is 0 Å². The topological polar surface area (TPSA) is 72.7 Å². The minimum absolute atomic E-state index is 0.358. The number of para-hydroxylation sites is 1. The van der Waals surface area contributed by atoms with Crippen LogP contribution in [0, 0.1) is 0 Å². The maximum Gasteiger partial charge on any atom is 0.337 e. The molecule has 33 heavy (non-hydrogen) atoms. The average molecular weight is 444 g/mol. The molecule has 8 heteroatoms. The molecule has 2 aromatic carbocycles. The molecule has 1 aliphatic heterocycles. The molecule has 1 fully saturated rings. The van der Waals surface area contributed by atoms with E-state index in [2.05, 4.69) is 19.9 Å². The van der Waals surface area contributed by atoms with E-state index in [0.717, 1.165) is 60.0 Å². The SMILES string of the molecule is COC(=O)c1ccc(OC)c(N2CCN(c3nccc4c3cnn4-c3ccccc3)CC2)c1. The van der Waals surface area contributed by atoms with Crippen LogP contribution in [0.5, 0.6) is 5.75 Å². The quantitative estimate of drug-likeness (QED) is 0.437. The Hall–Kier alpha value is -4.07. The number of anilines is 2. The van der Waals surface area contributed by atoms with Gasteiger partial charge in [-0.05, 0) is 36.4 Å². The zero-order valence-corrected chi connectivity index (χ0v) is 18.6. The summed E-state index contributed by atoms with van der Waals surface area (Å²) in [7, 11) is 3.03. The van der Waals surface area contributed by atoms with Gasteiger partial charge in [-0.3, -0.25) is 0 Å². The van der Waals surface area contributed by atoms with Crippen LogP contribution < -0.4 is 14.5 Å². The van der Waals surface area contributed by atoms with Crippen molar-refractivity contribution in [3.8, 4) is 11.4 Å². The highest BCUT2D eigenvalue weighted by molar-refractivity contribution is 5.92. The summed E-state index contributed by atoms with van der Waals surface area (Å²) in [5.74, 6) is 1.31. The summed E-state index contributed by atoms with van der Waals surface area (Å²) in [6.07, 6.45) is 3.73. The maximum absolute atomic E-state index is 12.0. The van der Waals surface area contributed by atoms with Crippen LogP contribution in [-0.4, -0.2) is 61.1 Å². The van der Waals surface area contributed by atoms with E-state index in [1.54, 1.807) is 13.2 Å². The molecule has 2 aromatic heterocycles. The fraction of sp³-hybridized carbons (Fsp3) is 0.240.